The van der Waals surface area contributed by atoms with Gasteiger partial charge in [0.15, 0.2) is 0 Å². The van der Waals surface area contributed by atoms with Crippen molar-refractivity contribution in [1.29, 1.82) is 0 Å². The van der Waals surface area contributed by atoms with E-state index in [1.54, 1.807) is 13.0 Å². The number of anilines is 1. The van der Waals surface area contributed by atoms with Gasteiger partial charge in [0.25, 0.3) is 0 Å². The van der Waals surface area contributed by atoms with Crippen molar-refractivity contribution >= 4 is 16.6 Å². The lowest BCUT2D eigenvalue weighted by molar-refractivity contribution is 0.617. The van der Waals surface area contributed by atoms with Crippen molar-refractivity contribution < 1.29 is 4.39 Å². The Bertz CT molecular complexity index is 1050. The zero-order valence-corrected chi connectivity index (χ0v) is 14.1. The molecule has 0 fully saturated rings. The van der Waals surface area contributed by atoms with Gasteiger partial charge in [0.1, 0.15) is 5.82 Å². The number of benzene rings is 3. The quantitative estimate of drug-likeness (QED) is 0.560. The number of rotatable bonds is 3. The molecule has 0 atom stereocenters. The van der Waals surface area contributed by atoms with Gasteiger partial charge in [-0.1, -0.05) is 18.2 Å². The van der Waals surface area contributed by atoms with Gasteiger partial charge < -0.3 is 5.32 Å². The Hall–Kier alpha value is -3.14. The number of fused-ring (bicyclic) bond motifs is 1. The van der Waals surface area contributed by atoms with Crippen LogP contribution in [0.3, 0.4) is 0 Å². The first-order chi connectivity index (χ1) is 12.2. The summed E-state index contributed by atoms with van der Waals surface area (Å²) in [4.78, 5) is 0. The molecule has 0 bridgehead atoms. The number of aryl methyl sites for hydroxylation is 1. The third-order valence-electron chi connectivity index (χ3n) is 4.46. The topological polar surface area (TPSA) is 29.9 Å². The lowest BCUT2D eigenvalue weighted by Crippen LogP contribution is -1.97. The van der Waals surface area contributed by atoms with Crippen LogP contribution in [0.1, 0.15) is 5.56 Å². The summed E-state index contributed by atoms with van der Waals surface area (Å²) in [5.74, 6) is -0.201. The fourth-order valence-corrected chi connectivity index (χ4v) is 3.01. The summed E-state index contributed by atoms with van der Waals surface area (Å²) in [5.41, 5.74) is 5.87. The van der Waals surface area contributed by atoms with Crippen molar-refractivity contribution in [2.45, 2.75) is 6.92 Å². The van der Waals surface area contributed by atoms with Crippen molar-refractivity contribution in [3.05, 3.63) is 78.2 Å². The zero-order valence-electron chi connectivity index (χ0n) is 14.1. The smallest absolute Gasteiger partial charge is 0.126 e. The molecule has 3 nitrogen and oxygen atoms in total. The second-order valence-corrected chi connectivity index (χ2v) is 6.09. The van der Waals surface area contributed by atoms with E-state index in [1.165, 1.54) is 6.07 Å². The zero-order chi connectivity index (χ0) is 17.4. The summed E-state index contributed by atoms with van der Waals surface area (Å²) >= 11 is 0. The second kappa shape index (κ2) is 6.06. The Kier molecular flexibility index (Phi) is 3.73. The minimum atomic E-state index is -0.201. The molecule has 1 N–H and O–H groups in total. The van der Waals surface area contributed by atoms with E-state index in [0.717, 1.165) is 33.4 Å². The molecule has 1 aromatic heterocycles. The Balaban J connectivity index is 1.76. The van der Waals surface area contributed by atoms with Crippen molar-refractivity contribution in [2.24, 2.45) is 0 Å². The highest BCUT2D eigenvalue weighted by Gasteiger charge is 2.08. The highest BCUT2D eigenvalue weighted by molar-refractivity contribution is 5.86. The lowest BCUT2D eigenvalue weighted by atomic mass is 10.0. The molecule has 124 valence electrons. The fourth-order valence-electron chi connectivity index (χ4n) is 3.01. The first kappa shape index (κ1) is 15.4. The van der Waals surface area contributed by atoms with E-state index < -0.39 is 0 Å². The average Bonchev–Trinajstić information content (AvgIpc) is 3.07. The maximum absolute atomic E-state index is 13.5. The summed E-state index contributed by atoms with van der Waals surface area (Å²) < 4.78 is 15.4. The first-order valence-electron chi connectivity index (χ1n) is 8.18. The Morgan fingerprint density at radius 3 is 2.40 bits per heavy atom. The van der Waals surface area contributed by atoms with Crippen LogP contribution < -0.4 is 5.32 Å². The molecule has 4 rings (SSSR count). The van der Waals surface area contributed by atoms with Crippen LogP contribution in [0.4, 0.5) is 10.1 Å². The van der Waals surface area contributed by atoms with Gasteiger partial charge in [-0.3, -0.25) is 0 Å². The van der Waals surface area contributed by atoms with E-state index in [0.29, 0.717) is 5.56 Å². The number of nitrogens with one attached hydrogen (secondary N) is 1. The van der Waals surface area contributed by atoms with E-state index in [4.69, 9.17) is 0 Å². The van der Waals surface area contributed by atoms with Crippen LogP contribution in [0.5, 0.6) is 0 Å². The van der Waals surface area contributed by atoms with Crippen LogP contribution in [-0.2, 0) is 0 Å². The van der Waals surface area contributed by atoms with Crippen molar-refractivity contribution in [1.82, 2.24) is 9.78 Å². The molecule has 0 spiro atoms. The van der Waals surface area contributed by atoms with E-state index in [-0.39, 0.29) is 5.82 Å². The number of hydrogen-bond acceptors (Lipinski definition) is 2. The van der Waals surface area contributed by atoms with Crippen LogP contribution in [0.25, 0.3) is 27.7 Å². The SMILES string of the molecule is CNc1ccc(-c2ccc3c(cnn3-c3ccc(F)c(C)c3)c2)cc1. The monoisotopic (exact) mass is 331 g/mol. The molecule has 1 heterocycles. The predicted molar refractivity (Wildman–Crippen MR) is 101 cm³/mol. The molecule has 0 unspecified atom stereocenters. The van der Waals surface area contributed by atoms with Crippen LogP contribution >= 0.6 is 0 Å². The number of halogens is 1. The van der Waals surface area contributed by atoms with Crippen molar-refractivity contribution in [2.75, 3.05) is 12.4 Å². The molecule has 3 aromatic carbocycles. The van der Waals surface area contributed by atoms with Gasteiger partial charge in [0, 0.05) is 18.1 Å². The van der Waals surface area contributed by atoms with Crippen molar-refractivity contribution in [3.63, 3.8) is 0 Å². The van der Waals surface area contributed by atoms with E-state index in [2.05, 4.69) is 52.9 Å². The predicted octanol–water partition coefficient (Wildman–Crippen LogP) is 5.18. The van der Waals surface area contributed by atoms with E-state index in [9.17, 15) is 4.39 Å². The minimum absolute atomic E-state index is 0.201. The van der Waals surface area contributed by atoms with Gasteiger partial charge in [0.05, 0.1) is 17.4 Å². The van der Waals surface area contributed by atoms with Crippen LogP contribution in [0.2, 0.25) is 0 Å². The number of nitrogens with zero attached hydrogens (tertiary/aromatic N) is 2. The molecule has 4 aromatic rings. The van der Waals surface area contributed by atoms with Gasteiger partial charge in [-0.05, 0) is 66.1 Å². The Morgan fingerprint density at radius 1 is 0.920 bits per heavy atom. The first-order valence-corrected chi connectivity index (χ1v) is 8.18. The summed E-state index contributed by atoms with van der Waals surface area (Å²) in [6, 6.07) is 19.6. The fraction of sp³-hybridized carbons (Fsp3) is 0.0952. The van der Waals surface area contributed by atoms with Crippen LogP contribution in [0, 0.1) is 12.7 Å². The summed E-state index contributed by atoms with van der Waals surface area (Å²) in [6.07, 6.45) is 1.85. The molecule has 4 heteroatoms. The van der Waals surface area contributed by atoms with E-state index in [1.807, 2.05) is 24.0 Å². The Morgan fingerprint density at radius 2 is 1.68 bits per heavy atom. The molecule has 0 saturated heterocycles. The van der Waals surface area contributed by atoms with Gasteiger partial charge >= 0.3 is 0 Å². The molecular formula is C21H18FN3. The molecule has 0 aliphatic carbocycles. The molecule has 0 aliphatic rings. The molecule has 25 heavy (non-hydrogen) atoms. The molecule has 0 amide bonds. The largest absolute Gasteiger partial charge is 0.388 e. The normalized spacial score (nSPS) is 11.0. The second-order valence-electron chi connectivity index (χ2n) is 6.09. The van der Waals surface area contributed by atoms with Gasteiger partial charge in [-0.25, -0.2) is 9.07 Å². The highest BCUT2D eigenvalue weighted by atomic mass is 19.1. The van der Waals surface area contributed by atoms with E-state index >= 15 is 0 Å². The summed E-state index contributed by atoms with van der Waals surface area (Å²) in [7, 11) is 1.91. The number of aromatic nitrogens is 2. The molecule has 0 aliphatic heterocycles. The molecule has 0 radical (unpaired) electrons. The van der Waals surface area contributed by atoms with Gasteiger partial charge in [-0.2, -0.15) is 5.10 Å². The summed E-state index contributed by atoms with van der Waals surface area (Å²) in [5, 5.41) is 8.66. The minimum Gasteiger partial charge on any atom is -0.388 e. The maximum atomic E-state index is 13.5. The van der Waals surface area contributed by atoms with Gasteiger partial charge in [0.2, 0.25) is 0 Å². The molecular weight excluding hydrogens is 313 g/mol. The van der Waals surface area contributed by atoms with Crippen LogP contribution in [0.15, 0.2) is 66.9 Å². The van der Waals surface area contributed by atoms with Crippen molar-refractivity contribution in [3.8, 4) is 16.8 Å². The van der Waals surface area contributed by atoms with Gasteiger partial charge in [-0.15, -0.1) is 0 Å². The maximum Gasteiger partial charge on any atom is 0.126 e. The molecule has 0 saturated carbocycles. The summed E-state index contributed by atoms with van der Waals surface area (Å²) in [6.45, 7) is 1.76. The number of hydrogen-bond donors (Lipinski definition) is 1. The average molecular weight is 331 g/mol. The van der Waals surface area contributed by atoms with Crippen LogP contribution in [-0.4, -0.2) is 16.8 Å². The Labute approximate surface area is 145 Å². The highest BCUT2D eigenvalue weighted by Crippen LogP contribution is 2.27. The standard InChI is InChI=1S/C21H18FN3/c1-14-11-19(8-9-20(14)22)25-21-10-5-16(12-17(21)13-24-25)15-3-6-18(23-2)7-4-15/h3-13,23H,1-2H3. The third kappa shape index (κ3) is 2.76. The third-order valence-corrected chi connectivity index (χ3v) is 4.46. The lowest BCUT2D eigenvalue weighted by Gasteiger charge is -2.07.